The lowest BCUT2D eigenvalue weighted by atomic mass is 9.98. The van der Waals surface area contributed by atoms with Crippen LogP contribution in [0.2, 0.25) is 0 Å². The van der Waals surface area contributed by atoms with Gasteiger partial charge >= 0.3 is 0 Å². The monoisotopic (exact) mass is 339 g/mol. The van der Waals surface area contributed by atoms with Crippen molar-refractivity contribution in [2.75, 3.05) is 19.7 Å². The first-order chi connectivity index (χ1) is 12.0. The van der Waals surface area contributed by atoms with Gasteiger partial charge in [0.2, 0.25) is 0 Å². The molecule has 0 bridgehead atoms. The molecule has 0 aliphatic carbocycles. The molecule has 1 aromatic carbocycles. The van der Waals surface area contributed by atoms with Crippen molar-refractivity contribution in [3.63, 3.8) is 0 Å². The van der Waals surface area contributed by atoms with Crippen LogP contribution in [0.3, 0.4) is 0 Å². The van der Waals surface area contributed by atoms with Crippen molar-refractivity contribution in [1.29, 1.82) is 0 Å². The minimum Gasteiger partial charge on any atom is -0.493 e. The van der Waals surface area contributed by atoms with Gasteiger partial charge in [0, 0.05) is 31.4 Å². The van der Waals surface area contributed by atoms with Crippen molar-refractivity contribution in [1.82, 2.24) is 14.7 Å². The zero-order valence-corrected chi connectivity index (χ0v) is 15.4. The van der Waals surface area contributed by atoms with E-state index < -0.39 is 0 Å². The lowest BCUT2D eigenvalue weighted by molar-refractivity contribution is 0.0771. The van der Waals surface area contributed by atoms with E-state index >= 15 is 0 Å². The second kappa shape index (κ2) is 7.13. The minimum absolute atomic E-state index is 0.0662. The predicted octanol–water partition coefficient (Wildman–Crippen LogP) is 3.37. The van der Waals surface area contributed by atoms with Crippen LogP contribution in [0.15, 0.2) is 30.3 Å². The molecular weight excluding hydrogens is 314 g/mol. The van der Waals surface area contributed by atoms with E-state index in [0.29, 0.717) is 19.7 Å². The molecule has 0 N–H and O–H groups in total. The van der Waals surface area contributed by atoms with Crippen molar-refractivity contribution in [3.05, 3.63) is 52.9 Å². The fraction of sp³-hybridized carbons (Fsp3) is 0.400. The molecule has 1 amide bonds. The van der Waals surface area contributed by atoms with Gasteiger partial charge < -0.3 is 9.64 Å². The van der Waals surface area contributed by atoms with Gasteiger partial charge in [-0.05, 0) is 38.8 Å². The number of carbonyl (C=O) groups excluding carboxylic acids is 1. The Balaban J connectivity index is 1.80. The van der Waals surface area contributed by atoms with Gasteiger partial charge in [-0.15, -0.1) is 0 Å². The number of aryl methyl sites for hydroxylation is 2. The molecule has 0 atom stereocenters. The Morgan fingerprint density at radius 1 is 1.28 bits per heavy atom. The van der Waals surface area contributed by atoms with Gasteiger partial charge in [0.1, 0.15) is 5.75 Å². The predicted molar refractivity (Wildman–Crippen MR) is 98.8 cm³/mol. The smallest absolute Gasteiger partial charge is 0.257 e. The molecule has 2 heterocycles. The summed E-state index contributed by atoms with van der Waals surface area (Å²) in [5.74, 6) is 0.978. The largest absolute Gasteiger partial charge is 0.493 e. The summed E-state index contributed by atoms with van der Waals surface area (Å²) in [5, 5.41) is 4.36. The van der Waals surface area contributed by atoms with Crippen molar-refractivity contribution < 1.29 is 9.53 Å². The van der Waals surface area contributed by atoms with E-state index in [1.807, 2.05) is 50.9 Å². The van der Waals surface area contributed by atoms with Crippen LogP contribution in [0.5, 0.6) is 5.75 Å². The summed E-state index contributed by atoms with van der Waals surface area (Å²) in [4.78, 5) is 14.8. The second-order valence-corrected chi connectivity index (χ2v) is 6.33. The summed E-state index contributed by atoms with van der Waals surface area (Å²) in [5.41, 5.74) is 4.81. The van der Waals surface area contributed by atoms with Crippen molar-refractivity contribution in [2.45, 2.75) is 27.2 Å². The van der Waals surface area contributed by atoms with Crippen LogP contribution in [-0.2, 0) is 7.05 Å². The van der Waals surface area contributed by atoms with Gasteiger partial charge in [-0.2, -0.15) is 5.10 Å². The van der Waals surface area contributed by atoms with Gasteiger partial charge in [0.05, 0.1) is 17.9 Å². The summed E-state index contributed by atoms with van der Waals surface area (Å²) < 4.78 is 7.51. The normalized spacial score (nSPS) is 14.4. The van der Waals surface area contributed by atoms with Crippen LogP contribution >= 0.6 is 0 Å². The highest BCUT2D eigenvalue weighted by atomic mass is 16.5. The third kappa shape index (κ3) is 3.31. The van der Waals surface area contributed by atoms with Crippen LogP contribution in [0.4, 0.5) is 0 Å². The highest BCUT2D eigenvalue weighted by Gasteiger charge is 2.25. The van der Waals surface area contributed by atoms with E-state index in [9.17, 15) is 4.79 Å². The Morgan fingerprint density at radius 3 is 2.64 bits per heavy atom. The minimum atomic E-state index is 0.0662. The fourth-order valence-corrected chi connectivity index (χ4v) is 3.35. The number of rotatable bonds is 4. The third-order valence-corrected chi connectivity index (χ3v) is 4.75. The number of carbonyl (C=O) groups is 1. The number of hydrogen-bond acceptors (Lipinski definition) is 3. The maximum Gasteiger partial charge on any atom is 0.257 e. The quantitative estimate of drug-likeness (QED) is 0.858. The maximum absolute atomic E-state index is 12.9. The second-order valence-electron chi connectivity index (χ2n) is 6.33. The van der Waals surface area contributed by atoms with Gasteiger partial charge in [-0.1, -0.05) is 24.3 Å². The van der Waals surface area contributed by atoms with Crippen LogP contribution in [0.1, 0.15) is 40.7 Å². The highest BCUT2D eigenvalue weighted by molar-refractivity contribution is 5.97. The first-order valence-corrected chi connectivity index (χ1v) is 8.73. The molecule has 0 spiro atoms. The summed E-state index contributed by atoms with van der Waals surface area (Å²) in [6.45, 7) is 7.79. The number of amides is 1. The van der Waals surface area contributed by atoms with Gasteiger partial charge in [0.15, 0.2) is 0 Å². The standard InChI is InChI=1S/C20H25N3O2/c1-5-25-18-9-7-6-8-17(18)16-10-12-23(13-11-16)20(24)19-14(2)21-22(4)15(19)3/h6-10H,5,11-13H2,1-4H3. The zero-order valence-electron chi connectivity index (χ0n) is 15.4. The zero-order chi connectivity index (χ0) is 18.0. The molecule has 3 rings (SSSR count). The molecule has 0 saturated carbocycles. The Morgan fingerprint density at radius 2 is 2.04 bits per heavy atom. The van der Waals surface area contributed by atoms with E-state index in [0.717, 1.165) is 34.7 Å². The summed E-state index contributed by atoms with van der Waals surface area (Å²) >= 11 is 0. The Labute approximate surface area is 148 Å². The number of aromatic nitrogens is 2. The van der Waals surface area contributed by atoms with E-state index in [2.05, 4.69) is 17.2 Å². The van der Waals surface area contributed by atoms with E-state index in [1.54, 1.807) is 4.68 Å². The average molecular weight is 339 g/mol. The molecule has 5 nitrogen and oxygen atoms in total. The lowest BCUT2D eigenvalue weighted by Gasteiger charge is -2.27. The van der Waals surface area contributed by atoms with Crippen molar-refractivity contribution in [3.8, 4) is 5.75 Å². The Bertz CT molecular complexity index is 820. The van der Waals surface area contributed by atoms with Gasteiger partial charge in [-0.3, -0.25) is 9.48 Å². The van der Waals surface area contributed by atoms with E-state index in [-0.39, 0.29) is 5.91 Å². The first-order valence-electron chi connectivity index (χ1n) is 8.73. The lowest BCUT2D eigenvalue weighted by Crippen LogP contribution is -2.35. The molecular formula is C20H25N3O2. The number of para-hydroxylation sites is 1. The topological polar surface area (TPSA) is 47.4 Å². The van der Waals surface area contributed by atoms with Crippen LogP contribution in [0.25, 0.3) is 5.57 Å². The summed E-state index contributed by atoms with van der Waals surface area (Å²) in [6.07, 6.45) is 2.97. The molecule has 25 heavy (non-hydrogen) atoms. The SMILES string of the molecule is CCOc1ccccc1C1=CCN(C(=O)c2c(C)nn(C)c2C)CC1. The molecule has 0 saturated heterocycles. The van der Waals surface area contributed by atoms with E-state index in [1.165, 1.54) is 5.57 Å². The molecule has 132 valence electrons. The summed E-state index contributed by atoms with van der Waals surface area (Å²) in [6, 6.07) is 8.10. The Kier molecular flexibility index (Phi) is 4.93. The highest BCUT2D eigenvalue weighted by Crippen LogP contribution is 2.30. The average Bonchev–Trinajstić information content (AvgIpc) is 2.87. The molecule has 0 fully saturated rings. The maximum atomic E-state index is 12.9. The Hall–Kier alpha value is -2.56. The summed E-state index contributed by atoms with van der Waals surface area (Å²) in [7, 11) is 1.87. The van der Waals surface area contributed by atoms with Gasteiger partial charge in [0.25, 0.3) is 5.91 Å². The van der Waals surface area contributed by atoms with Crippen LogP contribution < -0.4 is 4.74 Å². The molecule has 2 aromatic rings. The number of benzene rings is 1. The molecule has 1 aliphatic heterocycles. The molecule has 5 heteroatoms. The van der Waals surface area contributed by atoms with E-state index in [4.69, 9.17) is 4.74 Å². The van der Waals surface area contributed by atoms with Crippen LogP contribution in [-0.4, -0.2) is 40.3 Å². The molecule has 1 aromatic heterocycles. The van der Waals surface area contributed by atoms with Crippen molar-refractivity contribution >= 4 is 11.5 Å². The fourth-order valence-electron chi connectivity index (χ4n) is 3.35. The third-order valence-electron chi connectivity index (χ3n) is 4.75. The first kappa shape index (κ1) is 17.3. The van der Waals surface area contributed by atoms with Gasteiger partial charge in [-0.25, -0.2) is 0 Å². The number of nitrogens with zero attached hydrogens (tertiary/aromatic N) is 3. The molecule has 0 unspecified atom stereocenters. The number of hydrogen-bond donors (Lipinski definition) is 0. The molecule has 0 radical (unpaired) electrons. The van der Waals surface area contributed by atoms with Crippen LogP contribution in [0, 0.1) is 13.8 Å². The molecule has 1 aliphatic rings. The van der Waals surface area contributed by atoms with Crippen molar-refractivity contribution in [2.24, 2.45) is 7.05 Å². The number of ether oxygens (including phenoxy) is 1.